The van der Waals surface area contributed by atoms with E-state index in [4.69, 9.17) is 17.3 Å². The van der Waals surface area contributed by atoms with Crippen LogP contribution in [0.2, 0.25) is 5.15 Å². The van der Waals surface area contributed by atoms with E-state index in [1.807, 2.05) is 14.0 Å². The first-order valence-electron chi connectivity index (χ1n) is 7.49. The van der Waals surface area contributed by atoms with E-state index in [2.05, 4.69) is 29.4 Å². The van der Waals surface area contributed by atoms with Crippen LogP contribution in [0.5, 0.6) is 0 Å². The molecule has 0 amide bonds. The molecule has 1 aliphatic rings. The van der Waals surface area contributed by atoms with Crippen LogP contribution in [0.15, 0.2) is 24.3 Å². The zero-order chi connectivity index (χ0) is 15.0. The van der Waals surface area contributed by atoms with Gasteiger partial charge >= 0.3 is 0 Å². The van der Waals surface area contributed by atoms with Gasteiger partial charge in [0.15, 0.2) is 0 Å². The van der Waals surface area contributed by atoms with Crippen LogP contribution in [0, 0.1) is 12.3 Å². The molecule has 112 valence electrons. The molecule has 0 radical (unpaired) electrons. The van der Waals surface area contributed by atoms with Gasteiger partial charge in [0, 0.05) is 12.6 Å². The van der Waals surface area contributed by atoms with Crippen molar-refractivity contribution in [3.05, 3.63) is 51.8 Å². The molecule has 3 nitrogen and oxygen atoms in total. The van der Waals surface area contributed by atoms with Gasteiger partial charge in [-0.2, -0.15) is 5.10 Å². The number of hydrogen-bond acceptors (Lipinski definition) is 2. The Morgan fingerprint density at radius 3 is 2.67 bits per heavy atom. The van der Waals surface area contributed by atoms with Crippen molar-refractivity contribution in [1.29, 1.82) is 0 Å². The minimum Gasteiger partial charge on any atom is -0.330 e. The highest BCUT2D eigenvalue weighted by Crippen LogP contribution is 2.39. The maximum Gasteiger partial charge on any atom is 0.130 e. The number of benzene rings is 1. The van der Waals surface area contributed by atoms with E-state index < -0.39 is 0 Å². The predicted octanol–water partition coefficient (Wildman–Crippen LogP) is 3.06. The lowest BCUT2D eigenvalue weighted by Crippen LogP contribution is -2.38. The van der Waals surface area contributed by atoms with Gasteiger partial charge in [0.1, 0.15) is 5.15 Å². The number of rotatable bonds is 3. The second kappa shape index (κ2) is 5.47. The Bertz CT molecular complexity index is 662. The highest BCUT2D eigenvalue weighted by Gasteiger charge is 2.35. The lowest BCUT2D eigenvalue weighted by Gasteiger charge is -2.37. The first-order valence-corrected chi connectivity index (χ1v) is 7.87. The maximum absolute atomic E-state index is 6.41. The number of aryl methyl sites for hydroxylation is 3. The molecule has 1 unspecified atom stereocenters. The molecule has 3 rings (SSSR count). The minimum absolute atomic E-state index is 0.103. The lowest BCUT2D eigenvalue weighted by atomic mass is 9.68. The van der Waals surface area contributed by atoms with Gasteiger partial charge in [-0.3, -0.25) is 4.68 Å². The van der Waals surface area contributed by atoms with Gasteiger partial charge in [0.05, 0.1) is 5.69 Å². The molecule has 1 atom stereocenters. The molecule has 0 bridgehead atoms. The predicted molar refractivity (Wildman–Crippen MR) is 86.6 cm³/mol. The third kappa shape index (κ3) is 2.60. The number of halogens is 1. The van der Waals surface area contributed by atoms with Crippen LogP contribution in [-0.2, 0) is 26.3 Å². The van der Waals surface area contributed by atoms with Crippen LogP contribution >= 0.6 is 11.6 Å². The van der Waals surface area contributed by atoms with Gasteiger partial charge in [-0.05, 0) is 55.7 Å². The summed E-state index contributed by atoms with van der Waals surface area (Å²) in [7, 11) is 1.89. The maximum atomic E-state index is 6.41. The summed E-state index contributed by atoms with van der Waals surface area (Å²) >= 11 is 6.41. The van der Waals surface area contributed by atoms with E-state index in [1.165, 1.54) is 11.1 Å². The first kappa shape index (κ1) is 14.6. The smallest absolute Gasteiger partial charge is 0.130 e. The summed E-state index contributed by atoms with van der Waals surface area (Å²) < 4.78 is 1.76. The molecule has 1 aromatic carbocycles. The molecule has 0 saturated heterocycles. The summed E-state index contributed by atoms with van der Waals surface area (Å²) in [6.07, 6.45) is 4.16. The molecule has 21 heavy (non-hydrogen) atoms. The number of hydrogen-bond donors (Lipinski definition) is 1. The van der Waals surface area contributed by atoms with Crippen LogP contribution in [0.3, 0.4) is 0 Å². The molecular formula is C17H22ClN3. The van der Waals surface area contributed by atoms with Gasteiger partial charge in [-0.1, -0.05) is 35.9 Å². The van der Waals surface area contributed by atoms with Crippen LogP contribution in [-0.4, -0.2) is 16.3 Å². The van der Waals surface area contributed by atoms with E-state index in [9.17, 15) is 0 Å². The molecular weight excluding hydrogens is 282 g/mol. The van der Waals surface area contributed by atoms with Crippen molar-refractivity contribution in [3.8, 4) is 0 Å². The highest BCUT2D eigenvalue weighted by molar-refractivity contribution is 6.30. The van der Waals surface area contributed by atoms with E-state index in [0.717, 1.165) is 42.1 Å². The molecule has 2 N–H and O–H groups in total. The van der Waals surface area contributed by atoms with Gasteiger partial charge in [-0.25, -0.2) is 0 Å². The summed E-state index contributed by atoms with van der Waals surface area (Å²) in [5.74, 6) is 0. The van der Waals surface area contributed by atoms with Crippen LogP contribution in [0.1, 0.15) is 28.8 Å². The zero-order valence-electron chi connectivity index (χ0n) is 12.7. The minimum atomic E-state index is 0.103. The molecule has 0 aliphatic heterocycles. The Labute approximate surface area is 131 Å². The summed E-state index contributed by atoms with van der Waals surface area (Å²) in [5, 5.41) is 5.18. The number of nitrogens with zero attached hydrogens (tertiary/aromatic N) is 2. The quantitative estimate of drug-likeness (QED) is 0.947. The fourth-order valence-corrected chi connectivity index (χ4v) is 3.75. The Balaban J connectivity index is 1.92. The Kier molecular flexibility index (Phi) is 3.80. The van der Waals surface area contributed by atoms with E-state index in [1.54, 1.807) is 4.68 Å². The second-order valence-corrected chi connectivity index (χ2v) is 6.66. The molecule has 1 aliphatic carbocycles. The third-order valence-electron chi connectivity index (χ3n) is 4.86. The third-order valence-corrected chi connectivity index (χ3v) is 5.34. The van der Waals surface area contributed by atoms with Crippen LogP contribution < -0.4 is 5.73 Å². The molecule has 2 aromatic rings. The molecule has 4 heteroatoms. The molecule has 0 spiro atoms. The Morgan fingerprint density at radius 1 is 1.33 bits per heavy atom. The van der Waals surface area contributed by atoms with Gasteiger partial charge < -0.3 is 5.73 Å². The average molecular weight is 304 g/mol. The van der Waals surface area contributed by atoms with Crippen LogP contribution in [0.25, 0.3) is 0 Å². The highest BCUT2D eigenvalue weighted by atomic mass is 35.5. The van der Waals surface area contributed by atoms with Crippen molar-refractivity contribution in [2.45, 2.75) is 32.6 Å². The summed E-state index contributed by atoms with van der Waals surface area (Å²) in [6, 6.07) is 8.71. The normalized spacial score (nSPS) is 21.3. The van der Waals surface area contributed by atoms with Gasteiger partial charge in [0.2, 0.25) is 0 Å². The first-order chi connectivity index (χ1) is 10.0. The molecule has 0 saturated carbocycles. The van der Waals surface area contributed by atoms with Crippen molar-refractivity contribution in [2.24, 2.45) is 18.2 Å². The Morgan fingerprint density at radius 2 is 2.05 bits per heavy atom. The number of aromatic nitrogens is 2. The summed E-state index contributed by atoms with van der Waals surface area (Å²) in [4.78, 5) is 0. The second-order valence-electron chi connectivity index (χ2n) is 6.30. The molecule has 1 aromatic heterocycles. The standard InChI is InChI=1S/C17H22ClN3/c1-12-15(16(18)21(2)20-12)10-17(11-19)8-7-13-5-3-4-6-14(13)9-17/h3-6H,7-11,19H2,1-2H3. The number of fused-ring (bicyclic) bond motifs is 1. The zero-order valence-corrected chi connectivity index (χ0v) is 13.5. The van der Waals surface area contributed by atoms with Gasteiger partial charge in [-0.15, -0.1) is 0 Å². The van der Waals surface area contributed by atoms with Crippen molar-refractivity contribution in [2.75, 3.05) is 6.54 Å². The van der Waals surface area contributed by atoms with Crippen molar-refractivity contribution in [1.82, 2.24) is 9.78 Å². The van der Waals surface area contributed by atoms with E-state index in [0.29, 0.717) is 6.54 Å². The summed E-state index contributed by atoms with van der Waals surface area (Å²) in [5.41, 5.74) is 11.4. The Hall–Kier alpha value is -1.32. The van der Waals surface area contributed by atoms with Crippen molar-refractivity contribution < 1.29 is 0 Å². The van der Waals surface area contributed by atoms with Crippen molar-refractivity contribution in [3.63, 3.8) is 0 Å². The lowest BCUT2D eigenvalue weighted by molar-refractivity contribution is 0.253. The fourth-order valence-electron chi connectivity index (χ4n) is 3.51. The fraction of sp³-hybridized carbons (Fsp3) is 0.471. The monoisotopic (exact) mass is 303 g/mol. The summed E-state index contributed by atoms with van der Waals surface area (Å²) in [6.45, 7) is 2.72. The topological polar surface area (TPSA) is 43.8 Å². The average Bonchev–Trinajstić information content (AvgIpc) is 2.73. The van der Waals surface area contributed by atoms with Crippen LogP contribution in [0.4, 0.5) is 0 Å². The number of nitrogens with two attached hydrogens (primary N) is 1. The van der Waals surface area contributed by atoms with Crippen molar-refractivity contribution >= 4 is 11.6 Å². The SMILES string of the molecule is Cc1nn(C)c(Cl)c1CC1(CN)CCc2ccccc2C1. The van der Waals surface area contributed by atoms with E-state index in [-0.39, 0.29) is 5.41 Å². The van der Waals surface area contributed by atoms with E-state index >= 15 is 0 Å². The molecule has 0 fully saturated rings. The van der Waals surface area contributed by atoms with Gasteiger partial charge in [0.25, 0.3) is 0 Å². The largest absolute Gasteiger partial charge is 0.330 e. The molecule has 1 heterocycles.